The van der Waals surface area contributed by atoms with Crippen molar-refractivity contribution in [3.05, 3.63) is 0 Å². The Balaban J connectivity index is 3.92. The number of hydrogen-bond donors (Lipinski definition) is 1. The third-order valence-electron chi connectivity index (χ3n) is 1.58. The van der Waals surface area contributed by atoms with Gasteiger partial charge in [0.2, 0.25) is 0 Å². The van der Waals surface area contributed by atoms with Crippen molar-refractivity contribution in [3.8, 4) is 6.07 Å². The first-order valence-electron chi connectivity index (χ1n) is 3.45. The van der Waals surface area contributed by atoms with E-state index in [-0.39, 0.29) is 12.1 Å². The summed E-state index contributed by atoms with van der Waals surface area (Å²) in [5, 5.41) is 10.8. The molecule has 0 aromatic heterocycles. The van der Waals surface area contributed by atoms with Gasteiger partial charge in [-0.1, -0.05) is 0 Å². The Bertz CT molecular complexity index is 173. The smallest absolute Gasteiger partial charge is 0.317 e. The Hall–Kier alpha value is -1.24. The van der Waals surface area contributed by atoms with Crippen LogP contribution in [0, 0.1) is 11.3 Å². The zero-order chi connectivity index (χ0) is 8.85. The lowest BCUT2D eigenvalue weighted by molar-refractivity contribution is 0.197. The van der Waals surface area contributed by atoms with E-state index in [2.05, 4.69) is 5.32 Å². The summed E-state index contributed by atoms with van der Waals surface area (Å²) in [4.78, 5) is 12.4. The molecular formula is C7H13N3O. The SMILES string of the molecule is CNC(=O)N(C)C(C)CC#N. The molecule has 4 heteroatoms. The number of nitrogens with one attached hydrogen (secondary N) is 1. The largest absolute Gasteiger partial charge is 0.341 e. The van der Waals surface area contributed by atoms with Crippen LogP contribution in [0.4, 0.5) is 4.79 Å². The van der Waals surface area contributed by atoms with E-state index in [0.29, 0.717) is 6.42 Å². The van der Waals surface area contributed by atoms with Gasteiger partial charge < -0.3 is 10.2 Å². The van der Waals surface area contributed by atoms with E-state index in [9.17, 15) is 4.79 Å². The number of urea groups is 1. The van der Waals surface area contributed by atoms with Crippen LogP contribution in [0.15, 0.2) is 0 Å². The molecule has 0 spiro atoms. The van der Waals surface area contributed by atoms with E-state index in [4.69, 9.17) is 5.26 Å². The Labute approximate surface area is 66.8 Å². The van der Waals surface area contributed by atoms with Crippen LogP contribution in [0.2, 0.25) is 0 Å². The molecule has 0 aliphatic heterocycles. The van der Waals surface area contributed by atoms with Crippen molar-refractivity contribution in [2.75, 3.05) is 14.1 Å². The van der Waals surface area contributed by atoms with Crippen molar-refractivity contribution in [2.45, 2.75) is 19.4 Å². The molecule has 11 heavy (non-hydrogen) atoms. The molecule has 1 N–H and O–H groups in total. The van der Waals surface area contributed by atoms with Gasteiger partial charge >= 0.3 is 6.03 Å². The number of carbonyl (C=O) groups is 1. The predicted octanol–water partition coefficient (Wildman–Crippen LogP) is 0.560. The number of rotatable bonds is 2. The van der Waals surface area contributed by atoms with Gasteiger partial charge in [-0.3, -0.25) is 0 Å². The average molecular weight is 155 g/mol. The maximum absolute atomic E-state index is 10.9. The lowest BCUT2D eigenvalue weighted by Gasteiger charge is -2.21. The summed E-state index contributed by atoms with van der Waals surface area (Å²) in [6, 6.07) is 1.82. The van der Waals surface area contributed by atoms with Crippen molar-refractivity contribution in [1.82, 2.24) is 10.2 Å². The molecule has 0 saturated heterocycles. The van der Waals surface area contributed by atoms with Crippen LogP contribution in [-0.4, -0.2) is 31.1 Å². The van der Waals surface area contributed by atoms with E-state index in [1.54, 1.807) is 14.1 Å². The highest BCUT2D eigenvalue weighted by Gasteiger charge is 2.12. The molecule has 0 saturated carbocycles. The zero-order valence-electron chi connectivity index (χ0n) is 7.09. The average Bonchev–Trinajstić information content (AvgIpc) is 2.02. The lowest BCUT2D eigenvalue weighted by Crippen LogP contribution is -2.40. The Morgan fingerprint density at radius 3 is 2.73 bits per heavy atom. The van der Waals surface area contributed by atoms with Crippen LogP contribution >= 0.6 is 0 Å². The molecule has 0 aliphatic carbocycles. The van der Waals surface area contributed by atoms with Crippen molar-refractivity contribution in [3.63, 3.8) is 0 Å². The van der Waals surface area contributed by atoms with Gasteiger partial charge in [-0.25, -0.2) is 4.79 Å². The third-order valence-corrected chi connectivity index (χ3v) is 1.58. The molecule has 1 atom stereocenters. The Morgan fingerprint density at radius 1 is 1.82 bits per heavy atom. The molecular weight excluding hydrogens is 142 g/mol. The fourth-order valence-electron chi connectivity index (χ4n) is 0.646. The fraction of sp³-hybridized carbons (Fsp3) is 0.714. The van der Waals surface area contributed by atoms with Gasteiger partial charge in [0.15, 0.2) is 0 Å². The maximum atomic E-state index is 10.9. The first kappa shape index (κ1) is 9.76. The van der Waals surface area contributed by atoms with E-state index < -0.39 is 0 Å². The Kier molecular flexibility index (Phi) is 4.04. The van der Waals surface area contributed by atoms with Crippen LogP contribution in [0.3, 0.4) is 0 Å². The highest BCUT2D eigenvalue weighted by atomic mass is 16.2. The minimum atomic E-state index is -0.159. The number of nitriles is 1. The molecule has 0 fully saturated rings. The van der Waals surface area contributed by atoms with Crippen molar-refractivity contribution in [1.29, 1.82) is 5.26 Å². The number of carbonyl (C=O) groups excluding carboxylic acids is 1. The molecule has 0 bridgehead atoms. The van der Waals surface area contributed by atoms with Gasteiger partial charge in [-0.15, -0.1) is 0 Å². The minimum Gasteiger partial charge on any atom is -0.341 e. The van der Waals surface area contributed by atoms with Crippen molar-refractivity contribution in [2.24, 2.45) is 0 Å². The Morgan fingerprint density at radius 2 is 2.36 bits per heavy atom. The number of nitrogens with zero attached hydrogens (tertiary/aromatic N) is 2. The second-order valence-electron chi connectivity index (χ2n) is 2.38. The lowest BCUT2D eigenvalue weighted by atomic mass is 10.2. The molecule has 0 heterocycles. The molecule has 1 unspecified atom stereocenters. The van der Waals surface area contributed by atoms with Gasteiger partial charge in [0.05, 0.1) is 12.5 Å². The number of amides is 2. The van der Waals surface area contributed by atoms with Gasteiger partial charge in [0, 0.05) is 20.1 Å². The normalized spacial score (nSPS) is 11.5. The molecule has 4 nitrogen and oxygen atoms in total. The van der Waals surface area contributed by atoms with E-state index >= 15 is 0 Å². The minimum absolute atomic E-state index is 0.0278. The van der Waals surface area contributed by atoms with E-state index in [1.807, 2.05) is 13.0 Å². The molecule has 62 valence electrons. The van der Waals surface area contributed by atoms with Crippen LogP contribution in [-0.2, 0) is 0 Å². The summed E-state index contributed by atoms with van der Waals surface area (Å²) in [6.07, 6.45) is 0.365. The van der Waals surface area contributed by atoms with Crippen LogP contribution in [0.1, 0.15) is 13.3 Å². The molecule has 0 aliphatic rings. The van der Waals surface area contributed by atoms with Crippen LogP contribution in [0.5, 0.6) is 0 Å². The second kappa shape index (κ2) is 4.56. The third kappa shape index (κ3) is 2.89. The summed E-state index contributed by atoms with van der Waals surface area (Å²) in [5.74, 6) is 0. The van der Waals surface area contributed by atoms with Gasteiger partial charge in [-0.05, 0) is 6.92 Å². The second-order valence-corrected chi connectivity index (χ2v) is 2.38. The number of hydrogen-bond acceptors (Lipinski definition) is 2. The monoisotopic (exact) mass is 155 g/mol. The highest BCUT2D eigenvalue weighted by molar-refractivity contribution is 5.73. The molecule has 0 radical (unpaired) electrons. The van der Waals surface area contributed by atoms with Crippen LogP contribution < -0.4 is 5.32 Å². The molecule has 0 aromatic rings. The van der Waals surface area contributed by atoms with Gasteiger partial charge in [-0.2, -0.15) is 5.26 Å². The van der Waals surface area contributed by atoms with Crippen molar-refractivity contribution >= 4 is 6.03 Å². The van der Waals surface area contributed by atoms with Crippen molar-refractivity contribution < 1.29 is 4.79 Å². The van der Waals surface area contributed by atoms with Crippen LogP contribution in [0.25, 0.3) is 0 Å². The summed E-state index contributed by atoms with van der Waals surface area (Å²) >= 11 is 0. The summed E-state index contributed by atoms with van der Waals surface area (Å²) in [6.45, 7) is 1.83. The molecule has 2 amide bonds. The zero-order valence-corrected chi connectivity index (χ0v) is 7.09. The molecule has 0 rings (SSSR count). The van der Waals surface area contributed by atoms with Gasteiger partial charge in [0.1, 0.15) is 0 Å². The fourth-order valence-corrected chi connectivity index (χ4v) is 0.646. The predicted molar refractivity (Wildman–Crippen MR) is 41.9 cm³/mol. The summed E-state index contributed by atoms with van der Waals surface area (Å²) in [7, 11) is 3.23. The first-order chi connectivity index (χ1) is 5.13. The van der Waals surface area contributed by atoms with Gasteiger partial charge in [0.25, 0.3) is 0 Å². The van der Waals surface area contributed by atoms with E-state index in [0.717, 1.165) is 0 Å². The van der Waals surface area contributed by atoms with E-state index in [1.165, 1.54) is 4.90 Å². The maximum Gasteiger partial charge on any atom is 0.317 e. The topological polar surface area (TPSA) is 56.1 Å². The standard InChI is InChI=1S/C7H13N3O/c1-6(4-5-8)10(3)7(11)9-2/h6H,4H2,1-3H3,(H,9,11). The quantitative estimate of drug-likeness (QED) is 0.633. The first-order valence-corrected chi connectivity index (χ1v) is 3.45. The summed E-state index contributed by atoms with van der Waals surface area (Å²) in [5.41, 5.74) is 0. The highest BCUT2D eigenvalue weighted by Crippen LogP contribution is 1.98. The summed E-state index contributed by atoms with van der Waals surface area (Å²) < 4.78 is 0. The molecule has 0 aromatic carbocycles.